The van der Waals surface area contributed by atoms with E-state index in [1.807, 2.05) is 36.4 Å². The molecule has 1 aliphatic rings. The van der Waals surface area contributed by atoms with Gasteiger partial charge in [0.15, 0.2) is 11.5 Å². The highest BCUT2D eigenvalue weighted by molar-refractivity contribution is 6.34. The highest BCUT2D eigenvalue weighted by Gasteiger charge is 2.19. The molecule has 0 aliphatic carbocycles. The molecule has 6 heteroatoms. The van der Waals surface area contributed by atoms with Crippen molar-refractivity contribution >= 4 is 44.9 Å². The van der Waals surface area contributed by atoms with Crippen LogP contribution in [0, 0.1) is 0 Å². The number of halogens is 1. The van der Waals surface area contributed by atoms with Crippen molar-refractivity contribution in [3.05, 3.63) is 65.4 Å². The van der Waals surface area contributed by atoms with E-state index < -0.39 is 0 Å². The molecule has 0 fully saturated rings. The molecule has 134 valence electrons. The highest BCUT2D eigenvalue weighted by atomic mass is 35.5. The Kier molecular flexibility index (Phi) is 3.69. The van der Waals surface area contributed by atoms with E-state index in [0.717, 1.165) is 27.3 Å². The summed E-state index contributed by atoms with van der Waals surface area (Å²) in [6.45, 7) is 0.150. The zero-order chi connectivity index (χ0) is 18.4. The van der Waals surface area contributed by atoms with Gasteiger partial charge in [0.25, 0.3) is 0 Å². The second-order valence-electron chi connectivity index (χ2n) is 6.33. The van der Waals surface area contributed by atoms with Crippen LogP contribution in [0.5, 0.6) is 11.5 Å². The van der Waals surface area contributed by atoms with Crippen molar-refractivity contribution in [2.45, 2.75) is 6.42 Å². The van der Waals surface area contributed by atoms with E-state index in [4.69, 9.17) is 25.5 Å². The summed E-state index contributed by atoms with van der Waals surface area (Å²) in [5, 5.41) is 6.37. The van der Waals surface area contributed by atoms with Gasteiger partial charge in [-0.05, 0) is 16.8 Å². The van der Waals surface area contributed by atoms with Crippen LogP contribution in [0.1, 0.15) is 5.56 Å². The van der Waals surface area contributed by atoms with Crippen molar-refractivity contribution in [1.82, 2.24) is 0 Å². The fraction of sp³-hybridized carbons (Fsp3) is 0.0952. The van der Waals surface area contributed by atoms with E-state index in [2.05, 4.69) is 5.32 Å². The van der Waals surface area contributed by atoms with Crippen LogP contribution in [0.15, 0.2) is 59.2 Å². The number of carbonyl (C=O) groups excluding carboxylic acids is 1. The van der Waals surface area contributed by atoms with Crippen LogP contribution in [0.4, 0.5) is 5.69 Å². The topological polar surface area (TPSA) is 60.7 Å². The lowest BCUT2D eigenvalue weighted by Crippen LogP contribution is -2.14. The van der Waals surface area contributed by atoms with Gasteiger partial charge in [0.2, 0.25) is 12.7 Å². The van der Waals surface area contributed by atoms with Crippen molar-refractivity contribution in [3.63, 3.8) is 0 Å². The molecule has 1 amide bonds. The maximum atomic E-state index is 12.6. The van der Waals surface area contributed by atoms with Gasteiger partial charge in [0.1, 0.15) is 5.58 Å². The summed E-state index contributed by atoms with van der Waals surface area (Å²) < 4.78 is 16.3. The number of ether oxygens (including phenoxy) is 2. The van der Waals surface area contributed by atoms with E-state index in [0.29, 0.717) is 22.2 Å². The number of carbonyl (C=O) groups is 1. The fourth-order valence-corrected chi connectivity index (χ4v) is 3.59. The Morgan fingerprint density at radius 1 is 1.07 bits per heavy atom. The van der Waals surface area contributed by atoms with Crippen molar-refractivity contribution in [2.24, 2.45) is 0 Å². The second kappa shape index (κ2) is 6.21. The number of fused-ring (bicyclic) bond motifs is 4. The van der Waals surface area contributed by atoms with Crippen molar-refractivity contribution in [2.75, 3.05) is 12.1 Å². The number of nitrogens with one attached hydrogen (secondary N) is 1. The van der Waals surface area contributed by atoms with Gasteiger partial charge in [0, 0.05) is 23.1 Å². The van der Waals surface area contributed by atoms with Gasteiger partial charge in [-0.15, -0.1) is 0 Å². The van der Waals surface area contributed by atoms with E-state index in [1.165, 1.54) is 0 Å². The molecule has 0 bridgehead atoms. The van der Waals surface area contributed by atoms with Crippen LogP contribution in [-0.4, -0.2) is 12.7 Å². The fourth-order valence-electron chi connectivity index (χ4n) is 3.38. The predicted molar refractivity (Wildman–Crippen MR) is 104 cm³/mol. The first-order valence-corrected chi connectivity index (χ1v) is 8.84. The van der Waals surface area contributed by atoms with Gasteiger partial charge >= 0.3 is 0 Å². The minimum Gasteiger partial charge on any atom is -0.464 e. The molecule has 1 N–H and O–H groups in total. The minimum atomic E-state index is -0.189. The molecule has 0 atom stereocenters. The third kappa shape index (κ3) is 2.76. The molecule has 0 spiro atoms. The molecule has 27 heavy (non-hydrogen) atoms. The number of hydrogen-bond acceptors (Lipinski definition) is 4. The number of furan rings is 1. The Bertz CT molecular complexity index is 1200. The highest BCUT2D eigenvalue weighted by Crippen LogP contribution is 2.39. The number of benzene rings is 3. The quantitative estimate of drug-likeness (QED) is 0.534. The third-order valence-electron chi connectivity index (χ3n) is 4.63. The predicted octanol–water partition coefficient (Wildman–Crippen LogP) is 5.15. The first-order chi connectivity index (χ1) is 13.2. The minimum absolute atomic E-state index is 0.150. The first kappa shape index (κ1) is 16.0. The largest absolute Gasteiger partial charge is 0.464 e. The number of anilines is 1. The lowest BCUT2D eigenvalue weighted by molar-refractivity contribution is -0.115. The average molecular weight is 380 g/mol. The van der Waals surface area contributed by atoms with Gasteiger partial charge in [-0.3, -0.25) is 4.79 Å². The monoisotopic (exact) mass is 379 g/mol. The normalized spacial score (nSPS) is 12.6. The SMILES string of the molecule is O=C(Cc1coc2ccc3ccccc3c12)Nc1cc2c(cc1Cl)OCO2. The van der Waals surface area contributed by atoms with E-state index in [1.54, 1.807) is 18.4 Å². The Labute approximate surface area is 159 Å². The molecule has 0 unspecified atom stereocenters. The summed E-state index contributed by atoms with van der Waals surface area (Å²) in [7, 11) is 0. The van der Waals surface area contributed by atoms with Crippen LogP contribution in [0.25, 0.3) is 21.7 Å². The lowest BCUT2D eigenvalue weighted by Gasteiger charge is -2.08. The summed E-state index contributed by atoms with van der Waals surface area (Å²) in [5.74, 6) is 0.950. The second-order valence-corrected chi connectivity index (χ2v) is 6.74. The first-order valence-electron chi connectivity index (χ1n) is 8.46. The molecule has 0 saturated heterocycles. The summed E-state index contributed by atoms with van der Waals surface area (Å²) >= 11 is 6.24. The molecule has 4 aromatic rings. The van der Waals surface area contributed by atoms with Crippen LogP contribution < -0.4 is 14.8 Å². The zero-order valence-electron chi connectivity index (χ0n) is 14.1. The lowest BCUT2D eigenvalue weighted by atomic mass is 10.0. The Balaban J connectivity index is 1.46. The number of amides is 1. The third-order valence-corrected chi connectivity index (χ3v) is 4.94. The molecule has 1 aromatic heterocycles. The molecule has 2 heterocycles. The molecule has 0 radical (unpaired) electrons. The summed E-state index contributed by atoms with van der Waals surface area (Å²) in [4.78, 5) is 12.6. The number of rotatable bonds is 3. The smallest absolute Gasteiger partial charge is 0.231 e. The van der Waals surface area contributed by atoms with E-state index in [9.17, 15) is 4.79 Å². The molecule has 5 nitrogen and oxygen atoms in total. The molecular formula is C21H14ClNO4. The molecule has 0 saturated carbocycles. The van der Waals surface area contributed by atoms with Crippen LogP contribution in [-0.2, 0) is 11.2 Å². The maximum Gasteiger partial charge on any atom is 0.231 e. The Hall–Kier alpha value is -3.18. The maximum absolute atomic E-state index is 12.6. The van der Waals surface area contributed by atoms with Gasteiger partial charge in [-0.2, -0.15) is 0 Å². The van der Waals surface area contributed by atoms with Crippen LogP contribution in [0.3, 0.4) is 0 Å². The molecular weight excluding hydrogens is 366 g/mol. The number of hydrogen-bond donors (Lipinski definition) is 1. The van der Waals surface area contributed by atoms with Crippen molar-refractivity contribution < 1.29 is 18.7 Å². The standard InChI is InChI=1S/C21H14ClNO4/c22-15-8-18-19(27-11-26-18)9-16(15)23-20(24)7-13-10-25-17-6-5-12-3-1-2-4-14(12)21(13)17/h1-6,8-10H,7,11H2,(H,23,24). The van der Waals surface area contributed by atoms with Gasteiger partial charge < -0.3 is 19.2 Å². The van der Waals surface area contributed by atoms with Gasteiger partial charge in [0.05, 0.1) is 23.4 Å². The van der Waals surface area contributed by atoms with Gasteiger partial charge in [-0.1, -0.05) is 41.9 Å². The molecule has 5 rings (SSSR count). The summed E-state index contributed by atoms with van der Waals surface area (Å²) in [6.07, 6.45) is 1.81. The van der Waals surface area contributed by atoms with Crippen LogP contribution in [0.2, 0.25) is 5.02 Å². The Morgan fingerprint density at radius 2 is 1.89 bits per heavy atom. The molecule has 1 aliphatic heterocycles. The zero-order valence-corrected chi connectivity index (χ0v) is 14.9. The summed E-state index contributed by atoms with van der Waals surface area (Å²) in [5.41, 5.74) is 2.08. The molecule has 3 aromatic carbocycles. The average Bonchev–Trinajstić information content (AvgIpc) is 3.29. The Morgan fingerprint density at radius 3 is 2.78 bits per heavy atom. The van der Waals surface area contributed by atoms with Crippen molar-refractivity contribution in [3.8, 4) is 11.5 Å². The van der Waals surface area contributed by atoms with Gasteiger partial charge in [-0.25, -0.2) is 0 Å². The van der Waals surface area contributed by atoms with E-state index in [-0.39, 0.29) is 19.1 Å². The van der Waals surface area contributed by atoms with Crippen LogP contribution >= 0.6 is 11.6 Å². The van der Waals surface area contributed by atoms with Crippen molar-refractivity contribution in [1.29, 1.82) is 0 Å². The van der Waals surface area contributed by atoms with E-state index >= 15 is 0 Å². The summed E-state index contributed by atoms with van der Waals surface area (Å²) in [6, 6.07) is 15.3.